The lowest BCUT2D eigenvalue weighted by atomic mass is 10.1. The minimum absolute atomic E-state index is 0.354. The predicted octanol–water partition coefficient (Wildman–Crippen LogP) is 2.89. The minimum atomic E-state index is 0.354. The zero-order chi connectivity index (χ0) is 19.2. The van der Waals surface area contributed by atoms with Gasteiger partial charge >= 0.3 is 0 Å². The molecule has 0 atom stereocenters. The van der Waals surface area contributed by atoms with Gasteiger partial charge in [-0.1, -0.05) is 30.9 Å². The SMILES string of the molecule is C=CCOc1ccccc1CN=C(NCC)NCCCOC1CCOCC1. The highest BCUT2D eigenvalue weighted by atomic mass is 16.5. The number of hydrogen-bond acceptors (Lipinski definition) is 4. The fourth-order valence-electron chi connectivity index (χ4n) is 2.80. The number of aliphatic imine (C=N–C) groups is 1. The van der Waals surface area contributed by atoms with Gasteiger partial charge in [0.25, 0.3) is 0 Å². The quantitative estimate of drug-likeness (QED) is 0.269. The average molecular weight is 376 g/mol. The Morgan fingerprint density at radius 3 is 2.89 bits per heavy atom. The molecular formula is C21H33N3O3. The van der Waals surface area contributed by atoms with Crippen LogP contribution >= 0.6 is 0 Å². The van der Waals surface area contributed by atoms with E-state index in [0.29, 0.717) is 19.3 Å². The molecule has 0 radical (unpaired) electrons. The summed E-state index contributed by atoms with van der Waals surface area (Å²) in [6, 6.07) is 7.96. The van der Waals surface area contributed by atoms with E-state index in [1.807, 2.05) is 24.3 Å². The van der Waals surface area contributed by atoms with Crippen LogP contribution in [0.1, 0.15) is 31.7 Å². The summed E-state index contributed by atoms with van der Waals surface area (Å²) in [5.41, 5.74) is 1.06. The first-order chi connectivity index (χ1) is 13.3. The molecule has 1 aromatic carbocycles. The Morgan fingerprint density at radius 1 is 1.30 bits per heavy atom. The average Bonchev–Trinajstić information content (AvgIpc) is 2.71. The van der Waals surface area contributed by atoms with E-state index in [-0.39, 0.29) is 0 Å². The Bertz CT molecular complexity index is 572. The standard InChI is InChI=1S/C21H33N3O3/c1-3-13-27-20-9-6-5-8-18(20)17-24-21(22-4-2)23-12-7-14-26-19-10-15-25-16-11-19/h3,5-6,8-9,19H,1,4,7,10-17H2,2H3,(H2,22,23,24). The third-order valence-corrected chi connectivity index (χ3v) is 4.22. The second kappa shape index (κ2) is 13.2. The summed E-state index contributed by atoms with van der Waals surface area (Å²) in [6.07, 6.45) is 5.05. The van der Waals surface area contributed by atoms with E-state index in [1.54, 1.807) is 6.08 Å². The summed E-state index contributed by atoms with van der Waals surface area (Å²) >= 11 is 0. The summed E-state index contributed by atoms with van der Waals surface area (Å²) in [4.78, 5) is 4.67. The highest BCUT2D eigenvalue weighted by Gasteiger charge is 2.13. The van der Waals surface area contributed by atoms with Crippen LogP contribution in [0.5, 0.6) is 5.75 Å². The Labute approximate surface area is 163 Å². The lowest BCUT2D eigenvalue weighted by molar-refractivity contribution is -0.0320. The smallest absolute Gasteiger partial charge is 0.191 e. The van der Waals surface area contributed by atoms with Crippen molar-refractivity contribution < 1.29 is 14.2 Å². The van der Waals surface area contributed by atoms with Gasteiger partial charge < -0.3 is 24.8 Å². The number of guanidine groups is 1. The van der Waals surface area contributed by atoms with Crippen molar-refractivity contribution >= 4 is 5.96 Å². The second-order valence-corrected chi connectivity index (χ2v) is 6.37. The first-order valence-corrected chi connectivity index (χ1v) is 9.86. The van der Waals surface area contributed by atoms with Crippen LogP contribution in [0.2, 0.25) is 0 Å². The highest BCUT2D eigenvalue weighted by molar-refractivity contribution is 5.79. The number of ether oxygens (including phenoxy) is 3. The molecule has 0 unspecified atom stereocenters. The van der Waals surface area contributed by atoms with Gasteiger partial charge in [0.1, 0.15) is 12.4 Å². The third-order valence-electron chi connectivity index (χ3n) is 4.22. The van der Waals surface area contributed by atoms with Crippen LogP contribution in [0.4, 0.5) is 0 Å². The van der Waals surface area contributed by atoms with Crippen molar-refractivity contribution in [3.8, 4) is 5.75 Å². The molecule has 0 amide bonds. The lowest BCUT2D eigenvalue weighted by Crippen LogP contribution is -2.38. The van der Waals surface area contributed by atoms with Gasteiger partial charge in [-0.15, -0.1) is 0 Å². The van der Waals surface area contributed by atoms with Crippen LogP contribution in [0.15, 0.2) is 41.9 Å². The third kappa shape index (κ3) is 8.45. The van der Waals surface area contributed by atoms with Gasteiger partial charge in [0, 0.05) is 38.5 Å². The normalized spacial score (nSPS) is 15.4. The van der Waals surface area contributed by atoms with Crippen molar-refractivity contribution in [2.75, 3.05) is 39.5 Å². The summed E-state index contributed by atoms with van der Waals surface area (Å²) in [7, 11) is 0. The van der Waals surface area contributed by atoms with Crippen LogP contribution in [-0.2, 0) is 16.0 Å². The zero-order valence-electron chi connectivity index (χ0n) is 16.4. The molecule has 6 nitrogen and oxygen atoms in total. The van der Waals surface area contributed by atoms with Crippen molar-refractivity contribution in [1.29, 1.82) is 0 Å². The Balaban J connectivity index is 1.75. The van der Waals surface area contributed by atoms with E-state index in [0.717, 1.165) is 69.4 Å². The molecule has 2 rings (SSSR count). The molecule has 1 heterocycles. The molecule has 0 bridgehead atoms. The van der Waals surface area contributed by atoms with E-state index >= 15 is 0 Å². The van der Waals surface area contributed by atoms with Gasteiger partial charge in [-0.2, -0.15) is 0 Å². The fourth-order valence-corrected chi connectivity index (χ4v) is 2.80. The van der Waals surface area contributed by atoms with Crippen molar-refractivity contribution in [3.05, 3.63) is 42.5 Å². The molecule has 0 aromatic heterocycles. The molecule has 1 aliphatic heterocycles. The van der Waals surface area contributed by atoms with Gasteiger partial charge in [-0.3, -0.25) is 0 Å². The molecule has 27 heavy (non-hydrogen) atoms. The molecule has 1 saturated heterocycles. The van der Waals surface area contributed by atoms with Crippen LogP contribution in [0, 0.1) is 0 Å². The molecule has 2 N–H and O–H groups in total. The number of hydrogen-bond donors (Lipinski definition) is 2. The Morgan fingerprint density at radius 2 is 2.11 bits per heavy atom. The maximum Gasteiger partial charge on any atom is 0.191 e. The van der Waals surface area contributed by atoms with Gasteiger partial charge in [-0.25, -0.2) is 4.99 Å². The molecule has 150 valence electrons. The minimum Gasteiger partial charge on any atom is -0.489 e. The van der Waals surface area contributed by atoms with Crippen molar-refractivity contribution in [1.82, 2.24) is 10.6 Å². The van der Waals surface area contributed by atoms with Crippen LogP contribution in [0.25, 0.3) is 0 Å². The molecular weight excluding hydrogens is 342 g/mol. The topological polar surface area (TPSA) is 64.1 Å². The van der Waals surface area contributed by atoms with Crippen molar-refractivity contribution in [2.45, 2.75) is 38.8 Å². The van der Waals surface area contributed by atoms with Crippen molar-refractivity contribution in [2.24, 2.45) is 4.99 Å². The summed E-state index contributed by atoms with van der Waals surface area (Å²) in [6.45, 7) is 10.8. The molecule has 1 fully saturated rings. The van der Waals surface area contributed by atoms with Crippen molar-refractivity contribution in [3.63, 3.8) is 0 Å². The molecule has 0 spiro atoms. The molecule has 1 aliphatic rings. The van der Waals surface area contributed by atoms with E-state index in [1.165, 1.54) is 0 Å². The van der Waals surface area contributed by atoms with E-state index in [4.69, 9.17) is 14.2 Å². The number of nitrogens with one attached hydrogen (secondary N) is 2. The number of para-hydroxylation sites is 1. The van der Waals surface area contributed by atoms with E-state index in [2.05, 4.69) is 29.1 Å². The van der Waals surface area contributed by atoms with E-state index < -0.39 is 0 Å². The molecule has 6 heteroatoms. The van der Waals surface area contributed by atoms with Gasteiger partial charge in [0.05, 0.1) is 12.6 Å². The molecule has 1 aromatic rings. The van der Waals surface area contributed by atoms with Crippen LogP contribution in [0.3, 0.4) is 0 Å². The monoisotopic (exact) mass is 375 g/mol. The molecule has 0 saturated carbocycles. The molecule has 0 aliphatic carbocycles. The lowest BCUT2D eigenvalue weighted by Gasteiger charge is -2.22. The number of nitrogens with zero attached hydrogens (tertiary/aromatic N) is 1. The van der Waals surface area contributed by atoms with Gasteiger partial charge in [-0.05, 0) is 32.3 Å². The first kappa shape index (κ1) is 21.3. The second-order valence-electron chi connectivity index (χ2n) is 6.37. The summed E-state index contributed by atoms with van der Waals surface area (Å²) < 4.78 is 16.9. The van der Waals surface area contributed by atoms with E-state index in [9.17, 15) is 0 Å². The largest absolute Gasteiger partial charge is 0.489 e. The predicted molar refractivity (Wildman–Crippen MR) is 109 cm³/mol. The Hall–Kier alpha value is -2.05. The highest BCUT2D eigenvalue weighted by Crippen LogP contribution is 2.18. The van der Waals surface area contributed by atoms with Gasteiger partial charge in [0.2, 0.25) is 0 Å². The van der Waals surface area contributed by atoms with Gasteiger partial charge in [0.15, 0.2) is 5.96 Å². The number of rotatable bonds is 11. The number of benzene rings is 1. The van der Waals surface area contributed by atoms with Crippen LogP contribution < -0.4 is 15.4 Å². The first-order valence-electron chi connectivity index (χ1n) is 9.86. The Kier molecular flexibility index (Phi) is 10.4. The summed E-state index contributed by atoms with van der Waals surface area (Å²) in [5, 5.41) is 6.65. The van der Waals surface area contributed by atoms with Crippen LogP contribution in [-0.4, -0.2) is 51.6 Å². The summed E-state index contributed by atoms with van der Waals surface area (Å²) in [5.74, 6) is 1.66. The fraction of sp³-hybridized carbons (Fsp3) is 0.571. The zero-order valence-corrected chi connectivity index (χ0v) is 16.4. The maximum atomic E-state index is 5.90. The maximum absolute atomic E-state index is 5.90.